The molecule has 0 bridgehead atoms. The zero-order valence-corrected chi connectivity index (χ0v) is 16.3. The normalized spacial score (nSPS) is 12.4. The van der Waals surface area contributed by atoms with E-state index in [2.05, 4.69) is 14.4 Å². The molecular weight excluding hydrogens is 394 g/mol. The molecule has 1 N–H and O–H groups in total. The number of hydrogen-bond donors (Lipinski definition) is 1. The predicted molar refractivity (Wildman–Crippen MR) is 101 cm³/mol. The fraction of sp³-hybridized carbons (Fsp3) is 0.250. The Kier molecular flexibility index (Phi) is 6.65. The highest BCUT2D eigenvalue weighted by atomic mass is 32.3. The first kappa shape index (κ1) is 21.0. The molecule has 0 spiro atoms. The molecule has 0 aliphatic rings. The van der Waals surface area contributed by atoms with Crippen molar-refractivity contribution in [1.29, 1.82) is 0 Å². The van der Waals surface area contributed by atoms with Crippen LogP contribution in [0.5, 0.6) is 0 Å². The Morgan fingerprint density at radius 3 is 1.81 bits per heavy atom. The first-order valence-corrected chi connectivity index (χ1v) is 10.7. The second-order valence-electron chi connectivity index (χ2n) is 5.67. The van der Waals surface area contributed by atoms with Crippen molar-refractivity contribution in [2.24, 2.45) is 10.2 Å². The summed E-state index contributed by atoms with van der Waals surface area (Å²) in [6.07, 6.45) is 0. The van der Waals surface area contributed by atoms with Crippen LogP contribution in [0, 0.1) is 0 Å². The van der Waals surface area contributed by atoms with Crippen LogP contribution < -0.4 is 4.90 Å². The molecule has 0 atom stereocenters. The van der Waals surface area contributed by atoms with Crippen LogP contribution in [0.3, 0.4) is 0 Å². The zero-order valence-electron chi connectivity index (χ0n) is 14.7. The summed E-state index contributed by atoms with van der Waals surface area (Å²) in [4.78, 5) is 1.94. The number of rotatable bonds is 8. The summed E-state index contributed by atoms with van der Waals surface area (Å²) in [7, 11) is -4.57. The molecular formula is C16H19N3O6S2. The average Bonchev–Trinajstić information content (AvgIpc) is 2.59. The molecule has 0 radical (unpaired) electrons. The van der Waals surface area contributed by atoms with Crippen molar-refractivity contribution in [2.75, 3.05) is 31.4 Å². The van der Waals surface area contributed by atoms with E-state index in [9.17, 15) is 16.8 Å². The molecule has 0 saturated carbocycles. The highest BCUT2D eigenvalue weighted by Crippen LogP contribution is 2.22. The van der Waals surface area contributed by atoms with Crippen molar-refractivity contribution in [3.8, 4) is 0 Å². The number of nitrogens with zero attached hydrogens (tertiary/aromatic N) is 3. The summed E-state index contributed by atoms with van der Waals surface area (Å²) in [5.41, 5.74) is 2.14. The quantitative estimate of drug-likeness (QED) is 0.521. The Labute approximate surface area is 158 Å². The van der Waals surface area contributed by atoms with Crippen LogP contribution in [-0.2, 0) is 24.4 Å². The van der Waals surface area contributed by atoms with Gasteiger partial charge in [-0.3, -0.25) is 4.55 Å². The van der Waals surface area contributed by atoms with Gasteiger partial charge in [0.15, 0.2) is 9.84 Å². The van der Waals surface area contributed by atoms with Gasteiger partial charge in [0, 0.05) is 19.8 Å². The van der Waals surface area contributed by atoms with Crippen LogP contribution in [0.4, 0.5) is 17.1 Å². The van der Waals surface area contributed by atoms with Crippen LogP contribution in [-0.4, -0.2) is 47.8 Å². The van der Waals surface area contributed by atoms with Gasteiger partial charge in [0.1, 0.15) is 0 Å². The van der Waals surface area contributed by atoms with E-state index in [0.717, 1.165) is 5.69 Å². The summed E-state index contributed by atoms with van der Waals surface area (Å²) < 4.78 is 57.5. The molecule has 0 aliphatic heterocycles. The van der Waals surface area contributed by atoms with Crippen molar-refractivity contribution in [1.82, 2.24) is 0 Å². The van der Waals surface area contributed by atoms with E-state index in [0.29, 0.717) is 11.4 Å². The van der Waals surface area contributed by atoms with E-state index in [1.54, 1.807) is 0 Å². The number of hydrogen-bond acceptors (Lipinski definition) is 8. The maximum atomic E-state index is 12.1. The molecule has 0 heterocycles. The van der Waals surface area contributed by atoms with Crippen LogP contribution >= 0.6 is 0 Å². The molecule has 146 valence electrons. The van der Waals surface area contributed by atoms with E-state index in [1.165, 1.54) is 24.3 Å². The third-order valence-corrected chi connectivity index (χ3v) is 5.59. The van der Waals surface area contributed by atoms with Gasteiger partial charge in [-0.1, -0.05) is 0 Å². The third-order valence-electron chi connectivity index (χ3n) is 3.43. The lowest BCUT2D eigenvalue weighted by Gasteiger charge is -2.11. The van der Waals surface area contributed by atoms with E-state index in [-0.39, 0.29) is 4.90 Å². The average molecular weight is 413 g/mol. The maximum absolute atomic E-state index is 12.1. The second-order valence-corrected chi connectivity index (χ2v) is 8.87. The van der Waals surface area contributed by atoms with Gasteiger partial charge < -0.3 is 4.90 Å². The van der Waals surface area contributed by atoms with Gasteiger partial charge >= 0.3 is 10.4 Å². The Bertz CT molecular complexity index is 999. The molecule has 9 nitrogen and oxygen atoms in total. The molecule has 0 aliphatic carbocycles. The fourth-order valence-electron chi connectivity index (χ4n) is 2.02. The van der Waals surface area contributed by atoms with Crippen molar-refractivity contribution in [3.63, 3.8) is 0 Å². The fourth-order valence-corrected chi connectivity index (χ4v) is 3.51. The van der Waals surface area contributed by atoms with E-state index in [4.69, 9.17) is 4.55 Å². The summed E-state index contributed by atoms with van der Waals surface area (Å²) in [6, 6.07) is 13.1. The molecule has 0 saturated heterocycles. The molecule has 0 amide bonds. The first-order chi connectivity index (χ1) is 12.6. The van der Waals surface area contributed by atoms with Crippen molar-refractivity contribution in [2.45, 2.75) is 4.90 Å². The topological polar surface area (TPSA) is 126 Å². The van der Waals surface area contributed by atoms with Gasteiger partial charge in [0.25, 0.3) is 0 Å². The molecule has 0 fully saturated rings. The van der Waals surface area contributed by atoms with Crippen molar-refractivity contribution >= 4 is 37.3 Å². The minimum absolute atomic E-state index is 0.0178. The minimum Gasteiger partial charge on any atom is -0.378 e. The standard InChI is InChI=1S/C16H19N3O6S2/c1-19(2)15-7-3-13(4-8-15)17-18-14-5-9-16(10-6-14)26(20,21)12-11-25-27(22,23)24/h3-10H,11-12H2,1-2H3,(H,22,23,24). The van der Waals surface area contributed by atoms with Gasteiger partial charge in [0.05, 0.1) is 28.6 Å². The molecule has 0 aromatic heterocycles. The van der Waals surface area contributed by atoms with Gasteiger partial charge in [-0.15, -0.1) is 0 Å². The van der Waals surface area contributed by atoms with Crippen molar-refractivity contribution in [3.05, 3.63) is 48.5 Å². The smallest absolute Gasteiger partial charge is 0.378 e. The van der Waals surface area contributed by atoms with E-state index < -0.39 is 32.6 Å². The summed E-state index contributed by atoms with van der Waals surface area (Å²) >= 11 is 0. The number of benzene rings is 2. The highest BCUT2D eigenvalue weighted by molar-refractivity contribution is 7.91. The molecule has 0 unspecified atom stereocenters. The molecule has 2 aromatic rings. The van der Waals surface area contributed by atoms with Gasteiger partial charge in [-0.2, -0.15) is 18.6 Å². The Balaban J connectivity index is 2.03. The van der Waals surface area contributed by atoms with Crippen LogP contribution in [0.25, 0.3) is 0 Å². The SMILES string of the molecule is CN(C)c1ccc(N=Nc2ccc(S(=O)(=O)CCOS(=O)(=O)O)cc2)cc1. The largest absolute Gasteiger partial charge is 0.397 e. The Morgan fingerprint density at radius 1 is 0.889 bits per heavy atom. The Morgan fingerprint density at radius 2 is 1.37 bits per heavy atom. The summed E-state index contributed by atoms with van der Waals surface area (Å²) in [5, 5.41) is 8.14. The third kappa shape index (κ3) is 6.71. The minimum atomic E-state index is -4.67. The first-order valence-electron chi connectivity index (χ1n) is 7.71. The molecule has 2 aromatic carbocycles. The lowest BCUT2D eigenvalue weighted by Crippen LogP contribution is -2.15. The number of anilines is 1. The molecule has 27 heavy (non-hydrogen) atoms. The number of sulfone groups is 1. The van der Waals surface area contributed by atoms with Gasteiger partial charge in [-0.05, 0) is 48.5 Å². The monoisotopic (exact) mass is 413 g/mol. The lowest BCUT2D eigenvalue weighted by atomic mass is 10.3. The highest BCUT2D eigenvalue weighted by Gasteiger charge is 2.16. The molecule has 2 rings (SSSR count). The zero-order chi connectivity index (χ0) is 20.1. The van der Waals surface area contributed by atoms with Crippen molar-refractivity contribution < 1.29 is 25.6 Å². The maximum Gasteiger partial charge on any atom is 0.397 e. The predicted octanol–water partition coefficient (Wildman–Crippen LogP) is 2.76. The summed E-state index contributed by atoms with van der Waals surface area (Å²) in [5.74, 6) is -0.591. The second kappa shape index (κ2) is 8.57. The van der Waals surface area contributed by atoms with E-state index >= 15 is 0 Å². The van der Waals surface area contributed by atoms with Gasteiger partial charge in [-0.25, -0.2) is 12.6 Å². The van der Waals surface area contributed by atoms with Crippen LogP contribution in [0.1, 0.15) is 0 Å². The lowest BCUT2D eigenvalue weighted by molar-refractivity contribution is 0.284. The molecule has 11 heteroatoms. The van der Waals surface area contributed by atoms with Gasteiger partial charge in [0.2, 0.25) is 0 Å². The van der Waals surface area contributed by atoms with Crippen LogP contribution in [0.15, 0.2) is 63.7 Å². The summed E-state index contributed by atoms with van der Waals surface area (Å²) in [6.45, 7) is -0.675. The van der Waals surface area contributed by atoms with E-state index in [1.807, 2.05) is 43.3 Å². The Hall–Kier alpha value is -2.34. The van der Waals surface area contributed by atoms with Crippen LogP contribution in [0.2, 0.25) is 0 Å². The number of azo groups is 1.